The molecule has 4 nitrogen and oxygen atoms in total. The first-order valence-electron chi connectivity index (χ1n) is 7.60. The van der Waals surface area contributed by atoms with Gasteiger partial charge < -0.3 is 0 Å². The van der Waals surface area contributed by atoms with Crippen molar-refractivity contribution in [1.29, 1.82) is 5.26 Å². The zero-order valence-corrected chi connectivity index (χ0v) is 12.9. The number of benzene rings is 1. The molecule has 1 fully saturated rings. The number of rotatable bonds is 6. The number of likely N-dealkylation sites (N-methyl/N-ethyl adjacent to an activating group) is 2. The Morgan fingerprint density at radius 1 is 1.43 bits per heavy atom. The van der Waals surface area contributed by atoms with E-state index in [1.165, 1.54) is 19.4 Å². The molecule has 1 heterocycles. The molecule has 0 spiro atoms. The van der Waals surface area contributed by atoms with Crippen molar-refractivity contribution in [2.24, 2.45) is 0 Å². The summed E-state index contributed by atoms with van der Waals surface area (Å²) < 4.78 is 0. The fourth-order valence-corrected chi connectivity index (χ4v) is 3.01. The number of nitrogens with zero attached hydrogens (tertiary/aromatic N) is 3. The number of nitriles is 1. The van der Waals surface area contributed by atoms with Crippen molar-refractivity contribution in [3.8, 4) is 6.07 Å². The van der Waals surface area contributed by atoms with Crippen LogP contribution in [0.5, 0.6) is 0 Å². The lowest BCUT2D eigenvalue weighted by atomic mass is 10.1. The molecule has 0 aliphatic carbocycles. The first kappa shape index (κ1) is 15.7. The average molecular weight is 285 g/mol. The second kappa shape index (κ2) is 7.35. The highest BCUT2D eigenvalue weighted by atomic mass is 16.1. The number of ketones is 1. The second-order valence-corrected chi connectivity index (χ2v) is 5.73. The van der Waals surface area contributed by atoms with Crippen molar-refractivity contribution in [3.05, 3.63) is 35.4 Å². The maximum atomic E-state index is 12.2. The third-order valence-electron chi connectivity index (χ3n) is 4.18. The third kappa shape index (κ3) is 4.13. The van der Waals surface area contributed by atoms with Crippen molar-refractivity contribution in [2.45, 2.75) is 25.8 Å². The predicted octanol–water partition coefficient (Wildman–Crippen LogP) is 2.16. The first-order valence-corrected chi connectivity index (χ1v) is 7.60. The van der Waals surface area contributed by atoms with E-state index in [0.29, 0.717) is 23.7 Å². The minimum Gasteiger partial charge on any atom is -0.299 e. The molecule has 0 radical (unpaired) electrons. The van der Waals surface area contributed by atoms with Gasteiger partial charge in [-0.3, -0.25) is 14.6 Å². The molecule has 1 saturated heterocycles. The molecule has 1 aromatic carbocycles. The summed E-state index contributed by atoms with van der Waals surface area (Å²) in [4.78, 5) is 16.8. The molecule has 0 aromatic heterocycles. The molecule has 1 aliphatic heterocycles. The van der Waals surface area contributed by atoms with Gasteiger partial charge in [-0.1, -0.05) is 19.1 Å². The maximum Gasteiger partial charge on any atom is 0.176 e. The smallest absolute Gasteiger partial charge is 0.176 e. The van der Waals surface area contributed by atoms with Crippen molar-refractivity contribution < 1.29 is 4.79 Å². The van der Waals surface area contributed by atoms with Crippen molar-refractivity contribution in [3.63, 3.8) is 0 Å². The topological polar surface area (TPSA) is 47.3 Å². The van der Waals surface area contributed by atoms with Crippen LogP contribution < -0.4 is 0 Å². The van der Waals surface area contributed by atoms with Crippen LogP contribution in [0.3, 0.4) is 0 Å². The van der Waals surface area contributed by atoms with Crippen LogP contribution in [0.1, 0.15) is 35.7 Å². The highest BCUT2D eigenvalue weighted by Gasteiger charge is 2.24. The van der Waals surface area contributed by atoms with E-state index < -0.39 is 0 Å². The Hall–Kier alpha value is -1.70. The van der Waals surface area contributed by atoms with Gasteiger partial charge in [0.05, 0.1) is 18.2 Å². The summed E-state index contributed by atoms with van der Waals surface area (Å²) >= 11 is 0. The van der Waals surface area contributed by atoms with Crippen LogP contribution >= 0.6 is 0 Å². The number of hydrogen-bond acceptors (Lipinski definition) is 4. The van der Waals surface area contributed by atoms with E-state index in [1.807, 2.05) is 7.05 Å². The van der Waals surface area contributed by atoms with Gasteiger partial charge in [-0.05, 0) is 45.1 Å². The first-order chi connectivity index (χ1) is 10.1. The Bertz CT molecular complexity index is 518. The molecular weight excluding hydrogens is 262 g/mol. The standard InChI is InChI=1S/C17H23N3O/c1-3-20-10-4-5-16(20)12-19(2)13-17(21)15-8-6-14(11-18)7-9-15/h6-9,16H,3-5,10,12-13H2,1-2H3. The Labute approximate surface area is 127 Å². The largest absolute Gasteiger partial charge is 0.299 e. The van der Waals surface area contributed by atoms with Gasteiger partial charge in [0.25, 0.3) is 0 Å². The van der Waals surface area contributed by atoms with Gasteiger partial charge in [-0.25, -0.2) is 0 Å². The summed E-state index contributed by atoms with van der Waals surface area (Å²) in [6.07, 6.45) is 2.49. The van der Waals surface area contributed by atoms with Gasteiger partial charge in [0, 0.05) is 18.2 Å². The molecule has 112 valence electrons. The zero-order chi connectivity index (χ0) is 15.2. The van der Waals surface area contributed by atoms with Crippen LogP contribution in [0.15, 0.2) is 24.3 Å². The Morgan fingerprint density at radius 2 is 2.14 bits per heavy atom. The van der Waals surface area contributed by atoms with Crippen LogP contribution in [-0.2, 0) is 0 Å². The van der Waals surface area contributed by atoms with E-state index in [9.17, 15) is 4.79 Å². The zero-order valence-electron chi connectivity index (χ0n) is 12.9. The van der Waals surface area contributed by atoms with E-state index in [0.717, 1.165) is 13.1 Å². The van der Waals surface area contributed by atoms with Crippen LogP contribution in [0, 0.1) is 11.3 Å². The summed E-state index contributed by atoms with van der Waals surface area (Å²) in [6.45, 7) is 5.83. The molecule has 1 aromatic rings. The monoisotopic (exact) mass is 285 g/mol. The summed E-state index contributed by atoms with van der Waals surface area (Å²) in [6, 6.07) is 9.52. The molecule has 0 bridgehead atoms. The Balaban J connectivity index is 1.88. The molecule has 0 amide bonds. The minimum atomic E-state index is 0.114. The van der Waals surface area contributed by atoms with Gasteiger partial charge >= 0.3 is 0 Å². The number of Topliss-reactive ketones (excluding diaryl/α,β-unsaturated/α-hetero) is 1. The Kier molecular flexibility index (Phi) is 5.49. The molecule has 0 N–H and O–H groups in total. The highest BCUT2D eigenvalue weighted by Crippen LogP contribution is 2.17. The van der Waals surface area contributed by atoms with Gasteiger partial charge in [-0.2, -0.15) is 5.26 Å². The van der Waals surface area contributed by atoms with E-state index >= 15 is 0 Å². The van der Waals surface area contributed by atoms with Crippen molar-refractivity contribution in [1.82, 2.24) is 9.80 Å². The van der Waals surface area contributed by atoms with Crippen molar-refractivity contribution >= 4 is 5.78 Å². The number of carbonyl (C=O) groups excluding carboxylic acids is 1. The lowest BCUT2D eigenvalue weighted by Gasteiger charge is -2.27. The number of likely N-dealkylation sites (tertiary alicyclic amines) is 1. The average Bonchev–Trinajstić information content (AvgIpc) is 2.94. The maximum absolute atomic E-state index is 12.2. The fourth-order valence-electron chi connectivity index (χ4n) is 3.01. The molecular formula is C17H23N3O. The summed E-state index contributed by atoms with van der Waals surface area (Å²) in [5.41, 5.74) is 1.27. The Morgan fingerprint density at radius 3 is 2.76 bits per heavy atom. The van der Waals surface area contributed by atoms with Crippen molar-refractivity contribution in [2.75, 3.05) is 33.2 Å². The molecule has 2 rings (SSSR count). The molecule has 1 atom stereocenters. The summed E-state index contributed by atoms with van der Waals surface area (Å²) in [7, 11) is 2.01. The fraction of sp³-hybridized carbons (Fsp3) is 0.529. The van der Waals surface area contributed by atoms with Crippen LogP contribution in [0.2, 0.25) is 0 Å². The summed E-state index contributed by atoms with van der Waals surface area (Å²) in [5, 5.41) is 8.77. The lowest BCUT2D eigenvalue weighted by Crippen LogP contribution is -2.40. The molecule has 1 aliphatic rings. The molecule has 0 saturated carbocycles. The second-order valence-electron chi connectivity index (χ2n) is 5.73. The van der Waals surface area contributed by atoms with Gasteiger partial charge in [0.2, 0.25) is 0 Å². The van der Waals surface area contributed by atoms with E-state index in [4.69, 9.17) is 5.26 Å². The third-order valence-corrected chi connectivity index (χ3v) is 4.18. The molecule has 21 heavy (non-hydrogen) atoms. The lowest BCUT2D eigenvalue weighted by molar-refractivity contribution is 0.0929. The van der Waals surface area contributed by atoms with Gasteiger partial charge in [0.1, 0.15) is 0 Å². The van der Waals surface area contributed by atoms with E-state index in [-0.39, 0.29) is 5.78 Å². The van der Waals surface area contributed by atoms with Crippen LogP contribution in [0.4, 0.5) is 0 Å². The predicted molar refractivity (Wildman–Crippen MR) is 83.3 cm³/mol. The highest BCUT2D eigenvalue weighted by molar-refractivity contribution is 5.97. The normalized spacial score (nSPS) is 18.9. The minimum absolute atomic E-state index is 0.114. The van der Waals surface area contributed by atoms with Gasteiger partial charge in [0.15, 0.2) is 5.78 Å². The van der Waals surface area contributed by atoms with E-state index in [2.05, 4.69) is 22.8 Å². The van der Waals surface area contributed by atoms with Crippen LogP contribution in [0.25, 0.3) is 0 Å². The molecule has 4 heteroatoms. The SMILES string of the molecule is CCN1CCCC1CN(C)CC(=O)c1ccc(C#N)cc1. The van der Waals surface area contributed by atoms with Crippen LogP contribution in [-0.4, -0.2) is 54.9 Å². The van der Waals surface area contributed by atoms with E-state index in [1.54, 1.807) is 24.3 Å². The summed E-state index contributed by atoms with van der Waals surface area (Å²) in [5.74, 6) is 0.114. The number of carbonyl (C=O) groups is 1. The molecule has 1 unspecified atom stereocenters. The number of hydrogen-bond donors (Lipinski definition) is 0. The van der Waals surface area contributed by atoms with Gasteiger partial charge in [-0.15, -0.1) is 0 Å². The quantitative estimate of drug-likeness (QED) is 0.751.